The highest BCUT2D eigenvalue weighted by molar-refractivity contribution is 5.13. The van der Waals surface area contributed by atoms with Crippen molar-refractivity contribution in [2.24, 2.45) is 13.0 Å². The Kier molecular flexibility index (Phi) is 2.89. The summed E-state index contributed by atoms with van der Waals surface area (Å²) >= 11 is 0. The first kappa shape index (κ1) is 10.4. The van der Waals surface area contributed by atoms with Gasteiger partial charge in [0.15, 0.2) is 0 Å². The maximum Gasteiger partial charge on any atom is 0.0859 e. The van der Waals surface area contributed by atoms with Crippen molar-refractivity contribution < 1.29 is 0 Å². The zero-order valence-corrected chi connectivity index (χ0v) is 9.66. The lowest BCUT2D eigenvalue weighted by Gasteiger charge is -2.12. The molecule has 3 heteroatoms. The topological polar surface area (TPSA) is 30.7 Å². The molecule has 2 rings (SSSR count). The van der Waals surface area contributed by atoms with E-state index in [-0.39, 0.29) is 0 Å². The Labute approximate surface area is 91.2 Å². The van der Waals surface area contributed by atoms with Crippen molar-refractivity contribution in [1.29, 1.82) is 0 Å². The fourth-order valence-electron chi connectivity index (χ4n) is 2.21. The van der Waals surface area contributed by atoms with Crippen molar-refractivity contribution in [3.05, 3.63) is 23.5 Å². The van der Waals surface area contributed by atoms with Crippen molar-refractivity contribution in [2.75, 3.05) is 0 Å². The van der Waals surface area contributed by atoms with Crippen LogP contribution in [0.5, 0.6) is 0 Å². The van der Waals surface area contributed by atoms with E-state index in [0.717, 1.165) is 25.7 Å². The van der Waals surface area contributed by atoms with Crippen LogP contribution in [0, 0.1) is 5.92 Å². The minimum atomic E-state index is 0.630. The van der Waals surface area contributed by atoms with Gasteiger partial charge in [-0.15, -0.1) is 5.10 Å². The fraction of sp³-hybridized carbons (Fsp3) is 0.667. The highest BCUT2D eigenvalue weighted by atomic mass is 15.4. The van der Waals surface area contributed by atoms with Crippen LogP contribution in [0.25, 0.3) is 0 Å². The van der Waals surface area contributed by atoms with Crippen molar-refractivity contribution >= 4 is 0 Å². The van der Waals surface area contributed by atoms with Crippen molar-refractivity contribution in [3.8, 4) is 0 Å². The lowest BCUT2D eigenvalue weighted by Crippen LogP contribution is -2.04. The molecule has 0 bridgehead atoms. The van der Waals surface area contributed by atoms with E-state index in [1.807, 2.05) is 11.7 Å². The molecule has 1 aromatic heterocycles. The summed E-state index contributed by atoms with van der Waals surface area (Å²) < 4.78 is 1.93. The molecule has 15 heavy (non-hydrogen) atoms. The molecule has 0 spiro atoms. The monoisotopic (exact) mass is 205 g/mol. The number of nitrogens with zero attached hydrogens (tertiary/aromatic N) is 3. The largest absolute Gasteiger partial charge is 0.252 e. The van der Waals surface area contributed by atoms with Gasteiger partial charge in [-0.05, 0) is 38.0 Å². The second kappa shape index (κ2) is 4.17. The number of rotatable bonds is 0. The first-order valence-electron chi connectivity index (χ1n) is 5.73. The smallest absolute Gasteiger partial charge is 0.0859 e. The van der Waals surface area contributed by atoms with Crippen LogP contribution in [-0.4, -0.2) is 15.0 Å². The number of fused-ring (bicyclic) bond motifs is 1. The summed E-state index contributed by atoms with van der Waals surface area (Å²) in [5, 5.41) is 8.33. The quantitative estimate of drug-likeness (QED) is 0.608. The van der Waals surface area contributed by atoms with Crippen LogP contribution in [0.2, 0.25) is 0 Å². The summed E-state index contributed by atoms with van der Waals surface area (Å²) in [6, 6.07) is 0. The van der Waals surface area contributed by atoms with Gasteiger partial charge >= 0.3 is 0 Å². The average Bonchev–Trinajstić information content (AvgIpc) is 2.57. The zero-order valence-electron chi connectivity index (χ0n) is 9.66. The Bertz CT molecular complexity index is 365. The normalized spacial score (nSPS) is 22.8. The van der Waals surface area contributed by atoms with E-state index in [2.05, 4.69) is 23.8 Å². The molecule has 1 heterocycles. The molecular formula is C12H19N3. The Morgan fingerprint density at radius 1 is 1.33 bits per heavy atom. The molecule has 0 fully saturated rings. The standard InChI is InChI=1S/C12H19N3/c1-9-5-4-6-11-12(8-7-10(9)2)15(3)14-13-11/h10H,1,4-8H2,2-3H3. The molecule has 0 aromatic carbocycles. The highest BCUT2D eigenvalue weighted by Crippen LogP contribution is 2.24. The number of allylic oxidation sites excluding steroid dienone is 1. The first-order valence-corrected chi connectivity index (χ1v) is 5.73. The van der Waals surface area contributed by atoms with Crippen molar-refractivity contribution in [3.63, 3.8) is 0 Å². The van der Waals surface area contributed by atoms with Gasteiger partial charge in [0, 0.05) is 7.05 Å². The van der Waals surface area contributed by atoms with Crippen LogP contribution < -0.4 is 0 Å². The lowest BCUT2D eigenvalue weighted by molar-refractivity contribution is 0.568. The number of aromatic nitrogens is 3. The Balaban J connectivity index is 2.21. The molecule has 1 aliphatic carbocycles. The summed E-state index contributed by atoms with van der Waals surface area (Å²) in [7, 11) is 1.99. The minimum absolute atomic E-state index is 0.630. The zero-order chi connectivity index (χ0) is 10.8. The van der Waals surface area contributed by atoms with Crippen LogP contribution >= 0.6 is 0 Å². The minimum Gasteiger partial charge on any atom is -0.252 e. The van der Waals surface area contributed by atoms with Gasteiger partial charge in [-0.1, -0.05) is 24.3 Å². The van der Waals surface area contributed by atoms with Gasteiger partial charge in [-0.3, -0.25) is 4.68 Å². The predicted molar refractivity (Wildman–Crippen MR) is 60.6 cm³/mol. The van der Waals surface area contributed by atoms with E-state index in [0.29, 0.717) is 5.92 Å². The van der Waals surface area contributed by atoms with Crippen molar-refractivity contribution in [1.82, 2.24) is 15.0 Å². The molecule has 1 aliphatic rings. The van der Waals surface area contributed by atoms with Gasteiger partial charge in [0.2, 0.25) is 0 Å². The van der Waals surface area contributed by atoms with Crippen LogP contribution in [0.3, 0.4) is 0 Å². The molecule has 0 saturated carbocycles. The third kappa shape index (κ3) is 2.11. The molecule has 0 amide bonds. The molecule has 0 radical (unpaired) electrons. The van der Waals surface area contributed by atoms with E-state index in [9.17, 15) is 0 Å². The summed E-state index contributed by atoms with van der Waals surface area (Å²) in [5.41, 5.74) is 3.91. The Morgan fingerprint density at radius 3 is 2.93 bits per heavy atom. The molecule has 3 nitrogen and oxygen atoms in total. The Hall–Kier alpha value is -1.12. The van der Waals surface area contributed by atoms with E-state index in [4.69, 9.17) is 0 Å². The van der Waals surface area contributed by atoms with E-state index in [1.54, 1.807) is 0 Å². The van der Waals surface area contributed by atoms with E-state index >= 15 is 0 Å². The van der Waals surface area contributed by atoms with E-state index < -0.39 is 0 Å². The molecule has 1 unspecified atom stereocenters. The SMILES string of the molecule is C=C1CCCc2nnn(C)c2CCC1C. The van der Waals surface area contributed by atoms with Crippen LogP contribution in [-0.2, 0) is 19.9 Å². The van der Waals surface area contributed by atoms with Gasteiger partial charge < -0.3 is 0 Å². The van der Waals surface area contributed by atoms with Crippen LogP contribution in [0.4, 0.5) is 0 Å². The second-order valence-corrected chi connectivity index (χ2v) is 4.56. The van der Waals surface area contributed by atoms with Gasteiger partial charge in [0.25, 0.3) is 0 Å². The molecule has 1 atom stereocenters. The lowest BCUT2D eigenvalue weighted by atomic mass is 9.94. The van der Waals surface area contributed by atoms with Gasteiger partial charge in [-0.2, -0.15) is 0 Å². The average molecular weight is 205 g/mol. The molecular weight excluding hydrogens is 186 g/mol. The summed E-state index contributed by atoms with van der Waals surface area (Å²) in [5.74, 6) is 0.630. The van der Waals surface area contributed by atoms with Gasteiger partial charge in [0.05, 0.1) is 11.4 Å². The third-order valence-electron chi connectivity index (χ3n) is 3.45. The maximum absolute atomic E-state index is 4.23. The third-order valence-corrected chi connectivity index (χ3v) is 3.45. The number of hydrogen-bond acceptors (Lipinski definition) is 2. The molecule has 0 N–H and O–H groups in total. The first-order chi connectivity index (χ1) is 7.18. The second-order valence-electron chi connectivity index (χ2n) is 4.56. The van der Waals surface area contributed by atoms with E-state index in [1.165, 1.54) is 23.4 Å². The summed E-state index contributed by atoms with van der Waals surface area (Å²) in [4.78, 5) is 0. The number of aryl methyl sites for hydroxylation is 2. The molecule has 0 saturated heterocycles. The highest BCUT2D eigenvalue weighted by Gasteiger charge is 2.16. The summed E-state index contributed by atoms with van der Waals surface area (Å²) in [6.45, 7) is 6.44. The fourth-order valence-corrected chi connectivity index (χ4v) is 2.21. The summed E-state index contributed by atoms with van der Waals surface area (Å²) in [6.07, 6.45) is 5.60. The van der Waals surface area contributed by atoms with Crippen LogP contribution in [0.1, 0.15) is 37.6 Å². The van der Waals surface area contributed by atoms with Gasteiger partial charge in [-0.25, -0.2) is 0 Å². The Morgan fingerprint density at radius 2 is 2.13 bits per heavy atom. The molecule has 0 aliphatic heterocycles. The maximum atomic E-state index is 4.23. The molecule has 1 aromatic rings. The predicted octanol–water partition coefficient (Wildman–Crippen LogP) is 2.28. The number of hydrogen-bond donors (Lipinski definition) is 0. The van der Waals surface area contributed by atoms with Crippen molar-refractivity contribution in [2.45, 2.75) is 39.0 Å². The molecule has 82 valence electrons. The van der Waals surface area contributed by atoms with Gasteiger partial charge in [0.1, 0.15) is 0 Å². The van der Waals surface area contributed by atoms with Crippen LogP contribution in [0.15, 0.2) is 12.2 Å².